The maximum atomic E-state index is 11.6. The van der Waals surface area contributed by atoms with Gasteiger partial charge in [-0.3, -0.25) is 4.79 Å². The number of amides is 1. The zero-order valence-electron chi connectivity index (χ0n) is 10.5. The van der Waals surface area contributed by atoms with Crippen LogP contribution in [0.5, 0.6) is 0 Å². The minimum Gasteiger partial charge on any atom is -0.351 e. The minimum absolute atomic E-state index is 0.0491. The zero-order chi connectivity index (χ0) is 12.9. The largest absolute Gasteiger partial charge is 0.351 e. The fourth-order valence-electron chi connectivity index (χ4n) is 2.01. The van der Waals surface area contributed by atoms with E-state index in [0.29, 0.717) is 12.3 Å². The van der Waals surface area contributed by atoms with Crippen LogP contribution >= 0.6 is 0 Å². The summed E-state index contributed by atoms with van der Waals surface area (Å²) in [5, 5.41) is 6.00. The summed E-state index contributed by atoms with van der Waals surface area (Å²) in [4.78, 5) is 11.6. The Morgan fingerprint density at radius 2 is 2.18 bits per heavy atom. The summed E-state index contributed by atoms with van der Waals surface area (Å²) < 4.78 is 23.0. The third-order valence-electron chi connectivity index (χ3n) is 3.04. The molecule has 6 heteroatoms. The molecule has 2 N–H and O–H groups in total. The second-order valence-electron chi connectivity index (χ2n) is 4.74. The summed E-state index contributed by atoms with van der Waals surface area (Å²) in [5.41, 5.74) is 0. The van der Waals surface area contributed by atoms with Gasteiger partial charge in [-0.15, -0.1) is 0 Å². The zero-order valence-corrected chi connectivity index (χ0v) is 11.3. The quantitative estimate of drug-likeness (QED) is 0.727. The van der Waals surface area contributed by atoms with Crippen molar-refractivity contribution in [3.05, 3.63) is 0 Å². The summed E-state index contributed by atoms with van der Waals surface area (Å²) in [6.45, 7) is 5.55. The highest BCUT2D eigenvalue weighted by atomic mass is 32.2. The first-order valence-corrected chi connectivity index (χ1v) is 7.97. The monoisotopic (exact) mass is 262 g/mol. The number of carbonyl (C=O) groups excluding carboxylic acids is 1. The van der Waals surface area contributed by atoms with Crippen molar-refractivity contribution in [2.75, 3.05) is 24.6 Å². The summed E-state index contributed by atoms with van der Waals surface area (Å²) in [6, 6.07) is 0.0491. The number of rotatable bonds is 5. The van der Waals surface area contributed by atoms with Crippen LogP contribution in [0.15, 0.2) is 0 Å². The molecule has 1 fully saturated rings. The third-order valence-corrected chi connectivity index (χ3v) is 4.77. The Morgan fingerprint density at radius 1 is 1.47 bits per heavy atom. The number of nitrogens with one attached hydrogen (secondary N) is 2. The maximum Gasteiger partial charge on any atom is 0.235 e. The van der Waals surface area contributed by atoms with E-state index in [-0.39, 0.29) is 23.5 Å². The molecule has 100 valence electrons. The molecular formula is C11H22N2O3S. The maximum absolute atomic E-state index is 11.6. The van der Waals surface area contributed by atoms with Gasteiger partial charge in [0.25, 0.3) is 0 Å². The van der Waals surface area contributed by atoms with E-state index >= 15 is 0 Å². The molecule has 5 nitrogen and oxygen atoms in total. The van der Waals surface area contributed by atoms with Crippen LogP contribution in [0.25, 0.3) is 0 Å². The highest BCUT2D eigenvalue weighted by molar-refractivity contribution is 7.92. The lowest BCUT2D eigenvalue weighted by atomic mass is 9.95. The molecule has 2 unspecified atom stereocenters. The van der Waals surface area contributed by atoms with Crippen molar-refractivity contribution in [1.82, 2.24) is 10.6 Å². The van der Waals surface area contributed by atoms with Crippen LogP contribution < -0.4 is 10.6 Å². The van der Waals surface area contributed by atoms with Crippen LogP contribution in [0, 0.1) is 5.92 Å². The van der Waals surface area contributed by atoms with Crippen LogP contribution in [0.1, 0.15) is 26.7 Å². The molecule has 2 atom stereocenters. The predicted molar refractivity (Wildman–Crippen MR) is 67.5 cm³/mol. The molecule has 0 aliphatic carbocycles. The average molecular weight is 262 g/mol. The molecule has 1 aliphatic rings. The highest BCUT2D eigenvalue weighted by Crippen LogP contribution is 2.11. The second-order valence-corrected chi connectivity index (χ2v) is 6.92. The first-order chi connectivity index (χ1) is 7.94. The Hall–Kier alpha value is -0.620. The van der Waals surface area contributed by atoms with E-state index < -0.39 is 9.84 Å². The van der Waals surface area contributed by atoms with Crippen LogP contribution in [0.3, 0.4) is 0 Å². The van der Waals surface area contributed by atoms with E-state index in [1.807, 2.05) is 0 Å². The first kappa shape index (κ1) is 14.4. The summed E-state index contributed by atoms with van der Waals surface area (Å²) >= 11 is 0. The van der Waals surface area contributed by atoms with Gasteiger partial charge in [0.05, 0.1) is 5.75 Å². The number of hydrogen-bond acceptors (Lipinski definition) is 4. The summed E-state index contributed by atoms with van der Waals surface area (Å²) in [6.07, 6.45) is 1.56. The van der Waals surface area contributed by atoms with Gasteiger partial charge in [-0.1, -0.05) is 13.8 Å². The van der Waals surface area contributed by atoms with Crippen molar-refractivity contribution in [3.63, 3.8) is 0 Å². The van der Waals surface area contributed by atoms with Gasteiger partial charge in [0, 0.05) is 12.6 Å². The van der Waals surface area contributed by atoms with Gasteiger partial charge in [0.1, 0.15) is 5.75 Å². The van der Waals surface area contributed by atoms with Gasteiger partial charge >= 0.3 is 0 Å². The average Bonchev–Trinajstić information content (AvgIpc) is 2.20. The Bertz CT molecular complexity index is 354. The van der Waals surface area contributed by atoms with Crippen LogP contribution in [-0.4, -0.2) is 45.0 Å². The molecule has 17 heavy (non-hydrogen) atoms. The van der Waals surface area contributed by atoms with Gasteiger partial charge in [0.15, 0.2) is 9.84 Å². The van der Waals surface area contributed by atoms with Crippen LogP contribution in [0.4, 0.5) is 0 Å². The lowest BCUT2D eigenvalue weighted by Gasteiger charge is -2.30. The molecule has 0 saturated carbocycles. The number of hydrogen-bond donors (Lipinski definition) is 2. The lowest BCUT2D eigenvalue weighted by molar-refractivity contribution is -0.119. The topological polar surface area (TPSA) is 75.3 Å². The lowest BCUT2D eigenvalue weighted by Crippen LogP contribution is -2.51. The SMILES string of the molecule is CCCS(=O)(=O)CC(=O)NC1CNCCC1C. The minimum atomic E-state index is -3.23. The van der Waals surface area contributed by atoms with E-state index in [0.717, 1.165) is 19.5 Å². The summed E-state index contributed by atoms with van der Waals surface area (Å²) in [7, 11) is -3.23. The van der Waals surface area contributed by atoms with Gasteiger partial charge < -0.3 is 10.6 Å². The van der Waals surface area contributed by atoms with Gasteiger partial charge in [-0.25, -0.2) is 8.42 Å². The Kier molecular flexibility index (Phi) is 5.39. The van der Waals surface area contributed by atoms with E-state index in [1.165, 1.54) is 0 Å². The van der Waals surface area contributed by atoms with Crippen molar-refractivity contribution in [2.24, 2.45) is 5.92 Å². The molecule has 0 spiro atoms. The number of piperidine rings is 1. The molecule has 1 saturated heterocycles. The molecule has 0 aromatic rings. The Labute approximate surface area is 103 Å². The molecule has 1 rings (SSSR count). The normalized spacial score (nSPS) is 25.5. The molecule has 0 aromatic heterocycles. The summed E-state index contributed by atoms with van der Waals surface area (Å²) in [5.74, 6) is -0.281. The van der Waals surface area contributed by atoms with Crippen LogP contribution in [0.2, 0.25) is 0 Å². The van der Waals surface area contributed by atoms with E-state index in [4.69, 9.17) is 0 Å². The molecule has 1 aliphatic heterocycles. The van der Waals surface area contributed by atoms with Crippen molar-refractivity contribution in [3.8, 4) is 0 Å². The van der Waals surface area contributed by atoms with Gasteiger partial charge in [-0.2, -0.15) is 0 Å². The predicted octanol–water partition coefficient (Wildman–Crippen LogP) is -0.0746. The van der Waals surface area contributed by atoms with E-state index in [9.17, 15) is 13.2 Å². The molecule has 1 heterocycles. The Balaban J connectivity index is 2.43. The van der Waals surface area contributed by atoms with Gasteiger partial charge in [0.2, 0.25) is 5.91 Å². The second kappa shape index (κ2) is 6.35. The van der Waals surface area contributed by atoms with Crippen LogP contribution in [-0.2, 0) is 14.6 Å². The third kappa shape index (κ3) is 5.04. The number of sulfone groups is 1. The fourth-order valence-corrected chi connectivity index (χ4v) is 3.26. The van der Waals surface area contributed by atoms with E-state index in [2.05, 4.69) is 17.6 Å². The number of carbonyl (C=O) groups is 1. The smallest absolute Gasteiger partial charge is 0.235 e. The Morgan fingerprint density at radius 3 is 2.76 bits per heavy atom. The van der Waals surface area contributed by atoms with Crippen molar-refractivity contribution in [2.45, 2.75) is 32.7 Å². The van der Waals surface area contributed by atoms with Gasteiger partial charge in [-0.05, 0) is 25.3 Å². The standard InChI is InChI=1S/C11H22N2O3S/c1-3-6-17(15,16)8-11(14)13-10-7-12-5-4-9(10)2/h9-10,12H,3-8H2,1-2H3,(H,13,14). The van der Waals surface area contributed by atoms with E-state index in [1.54, 1.807) is 6.92 Å². The first-order valence-electron chi connectivity index (χ1n) is 6.15. The molecule has 0 bridgehead atoms. The van der Waals surface area contributed by atoms with Crippen molar-refractivity contribution >= 4 is 15.7 Å². The van der Waals surface area contributed by atoms with Crippen molar-refractivity contribution in [1.29, 1.82) is 0 Å². The molecular weight excluding hydrogens is 240 g/mol. The fraction of sp³-hybridized carbons (Fsp3) is 0.909. The molecule has 1 amide bonds. The highest BCUT2D eigenvalue weighted by Gasteiger charge is 2.24. The molecule has 0 radical (unpaired) electrons. The van der Waals surface area contributed by atoms with Crippen molar-refractivity contribution < 1.29 is 13.2 Å². The molecule has 0 aromatic carbocycles.